The van der Waals surface area contributed by atoms with E-state index in [4.69, 9.17) is 5.73 Å². The van der Waals surface area contributed by atoms with Crippen LogP contribution in [0, 0.1) is 5.92 Å². The Morgan fingerprint density at radius 1 is 0.889 bits per heavy atom. The van der Waals surface area contributed by atoms with E-state index < -0.39 is 0 Å². The molecule has 6 heteroatoms. The van der Waals surface area contributed by atoms with Gasteiger partial charge in [-0.1, -0.05) is 25.0 Å². The summed E-state index contributed by atoms with van der Waals surface area (Å²) < 4.78 is 0. The summed E-state index contributed by atoms with van der Waals surface area (Å²) in [6, 6.07) is 11.6. The minimum absolute atomic E-state index is 0.0864. The molecule has 2 aromatic heterocycles. The van der Waals surface area contributed by atoms with Crippen LogP contribution in [0.15, 0.2) is 61.2 Å². The van der Waals surface area contributed by atoms with Gasteiger partial charge < -0.3 is 5.73 Å². The lowest BCUT2D eigenvalue weighted by atomic mass is 10.0. The molecule has 0 atom stereocenters. The highest BCUT2D eigenvalue weighted by molar-refractivity contribution is 6.02. The average Bonchev–Trinajstić information content (AvgIpc) is 3.25. The number of amides is 1. The fourth-order valence-electron chi connectivity index (χ4n) is 3.54. The molecule has 1 aliphatic rings. The first-order valence-electron chi connectivity index (χ1n) is 9.14. The third-order valence-electron chi connectivity index (χ3n) is 4.98. The highest BCUT2D eigenvalue weighted by atomic mass is 16.2. The number of carbonyl (C=O) groups is 1. The van der Waals surface area contributed by atoms with Gasteiger partial charge >= 0.3 is 0 Å². The Morgan fingerprint density at radius 2 is 1.48 bits per heavy atom. The van der Waals surface area contributed by atoms with Crippen molar-refractivity contribution in [2.75, 3.05) is 10.6 Å². The van der Waals surface area contributed by atoms with Crippen LogP contribution >= 0.6 is 0 Å². The van der Waals surface area contributed by atoms with Crippen LogP contribution in [0.2, 0.25) is 0 Å². The van der Waals surface area contributed by atoms with Gasteiger partial charge in [0.15, 0.2) is 0 Å². The van der Waals surface area contributed by atoms with E-state index in [1.807, 2.05) is 36.4 Å². The summed E-state index contributed by atoms with van der Waals surface area (Å²) in [5.41, 5.74) is 9.10. The zero-order valence-electron chi connectivity index (χ0n) is 15.0. The van der Waals surface area contributed by atoms with Gasteiger partial charge in [-0.05, 0) is 42.7 Å². The molecule has 0 spiro atoms. The van der Waals surface area contributed by atoms with Gasteiger partial charge in [0.25, 0.3) is 0 Å². The van der Waals surface area contributed by atoms with Crippen molar-refractivity contribution in [1.82, 2.24) is 15.0 Å². The standard InChI is InChI=1S/C21H21N5O/c22-21-24-13-17(14-25-21)15-5-7-18(8-6-15)26(19-9-11-23-12-10-19)20(27)16-3-1-2-4-16/h5-14,16H,1-4H2,(H2,22,24,25). The monoisotopic (exact) mass is 359 g/mol. The first-order chi connectivity index (χ1) is 13.2. The lowest BCUT2D eigenvalue weighted by Gasteiger charge is -2.26. The molecule has 136 valence electrons. The van der Waals surface area contributed by atoms with Gasteiger partial charge in [-0.25, -0.2) is 9.97 Å². The number of hydrogen-bond donors (Lipinski definition) is 1. The lowest BCUT2D eigenvalue weighted by Crippen LogP contribution is -2.31. The summed E-state index contributed by atoms with van der Waals surface area (Å²) in [7, 11) is 0. The Hall–Kier alpha value is -3.28. The summed E-state index contributed by atoms with van der Waals surface area (Å²) in [6.45, 7) is 0. The highest BCUT2D eigenvalue weighted by Crippen LogP contribution is 2.33. The predicted octanol–water partition coefficient (Wildman–Crippen LogP) is 3.98. The Labute approximate surface area is 158 Å². The van der Waals surface area contributed by atoms with Crippen LogP contribution in [0.4, 0.5) is 17.3 Å². The summed E-state index contributed by atoms with van der Waals surface area (Å²) in [5, 5.41) is 0. The maximum absolute atomic E-state index is 13.2. The fraction of sp³-hybridized carbons (Fsp3) is 0.238. The van der Waals surface area contributed by atoms with Crippen molar-refractivity contribution in [1.29, 1.82) is 0 Å². The second-order valence-corrected chi connectivity index (χ2v) is 6.74. The number of anilines is 3. The molecule has 1 amide bonds. The highest BCUT2D eigenvalue weighted by Gasteiger charge is 2.29. The van der Waals surface area contributed by atoms with E-state index in [-0.39, 0.29) is 17.8 Å². The van der Waals surface area contributed by atoms with E-state index in [2.05, 4.69) is 15.0 Å². The summed E-state index contributed by atoms with van der Waals surface area (Å²) >= 11 is 0. The molecule has 0 bridgehead atoms. The number of nitrogen functional groups attached to an aromatic ring is 1. The number of nitrogens with zero attached hydrogens (tertiary/aromatic N) is 4. The summed E-state index contributed by atoms with van der Waals surface area (Å²) in [6.07, 6.45) is 11.0. The van der Waals surface area contributed by atoms with Gasteiger partial charge in [0.1, 0.15) is 0 Å². The van der Waals surface area contributed by atoms with Crippen LogP contribution in [-0.2, 0) is 4.79 Å². The Kier molecular flexibility index (Phi) is 4.78. The Bertz CT molecular complexity index is 904. The van der Waals surface area contributed by atoms with E-state index in [1.165, 1.54) is 0 Å². The molecule has 0 unspecified atom stereocenters. The number of hydrogen-bond acceptors (Lipinski definition) is 5. The summed E-state index contributed by atoms with van der Waals surface area (Å²) in [5.74, 6) is 0.493. The smallest absolute Gasteiger partial charge is 0.234 e. The molecule has 1 aliphatic carbocycles. The van der Waals surface area contributed by atoms with E-state index in [0.717, 1.165) is 48.2 Å². The molecule has 0 radical (unpaired) electrons. The Morgan fingerprint density at radius 3 is 2.11 bits per heavy atom. The zero-order chi connectivity index (χ0) is 18.6. The van der Waals surface area contributed by atoms with E-state index in [1.54, 1.807) is 29.7 Å². The van der Waals surface area contributed by atoms with Crippen LogP contribution < -0.4 is 10.6 Å². The summed E-state index contributed by atoms with van der Waals surface area (Å²) in [4.78, 5) is 27.2. The number of nitrogens with two attached hydrogens (primary N) is 1. The SMILES string of the molecule is Nc1ncc(-c2ccc(N(C(=O)C3CCCC3)c3ccncc3)cc2)cn1. The largest absolute Gasteiger partial charge is 0.368 e. The third-order valence-corrected chi connectivity index (χ3v) is 4.98. The molecule has 27 heavy (non-hydrogen) atoms. The number of rotatable bonds is 4. The molecular formula is C21H21N5O. The van der Waals surface area contributed by atoms with Crippen molar-refractivity contribution in [3.63, 3.8) is 0 Å². The second kappa shape index (κ2) is 7.53. The molecule has 2 N–H and O–H groups in total. The van der Waals surface area contributed by atoms with Gasteiger partial charge in [0.2, 0.25) is 11.9 Å². The van der Waals surface area contributed by atoms with Crippen LogP contribution in [-0.4, -0.2) is 20.9 Å². The molecule has 3 aromatic rings. The quantitative estimate of drug-likeness (QED) is 0.762. The number of pyridine rings is 1. The van der Waals surface area contributed by atoms with Crippen molar-refractivity contribution >= 4 is 23.2 Å². The van der Waals surface area contributed by atoms with Crippen LogP contribution in [0.1, 0.15) is 25.7 Å². The van der Waals surface area contributed by atoms with Gasteiger partial charge in [-0.15, -0.1) is 0 Å². The van der Waals surface area contributed by atoms with Crippen molar-refractivity contribution in [3.8, 4) is 11.1 Å². The Balaban J connectivity index is 1.67. The topological polar surface area (TPSA) is 85.0 Å². The molecule has 1 aromatic carbocycles. The van der Waals surface area contributed by atoms with Crippen LogP contribution in [0.5, 0.6) is 0 Å². The molecular weight excluding hydrogens is 338 g/mol. The maximum atomic E-state index is 13.2. The van der Waals surface area contributed by atoms with Gasteiger partial charge in [-0.2, -0.15) is 0 Å². The molecule has 6 nitrogen and oxygen atoms in total. The minimum atomic E-state index is 0.0864. The van der Waals surface area contributed by atoms with Crippen molar-refractivity contribution in [3.05, 3.63) is 61.2 Å². The molecule has 0 saturated heterocycles. The average molecular weight is 359 g/mol. The molecule has 1 fully saturated rings. The zero-order valence-corrected chi connectivity index (χ0v) is 15.0. The molecule has 0 aliphatic heterocycles. The first kappa shape index (κ1) is 17.1. The van der Waals surface area contributed by atoms with Crippen LogP contribution in [0.25, 0.3) is 11.1 Å². The van der Waals surface area contributed by atoms with Gasteiger partial charge in [0, 0.05) is 42.0 Å². The first-order valence-corrected chi connectivity index (χ1v) is 9.14. The number of aromatic nitrogens is 3. The van der Waals surface area contributed by atoms with Crippen molar-refractivity contribution in [2.45, 2.75) is 25.7 Å². The number of carbonyl (C=O) groups excluding carboxylic acids is 1. The van der Waals surface area contributed by atoms with E-state index in [9.17, 15) is 4.79 Å². The third kappa shape index (κ3) is 3.65. The molecule has 1 saturated carbocycles. The predicted molar refractivity (Wildman–Crippen MR) is 105 cm³/mol. The van der Waals surface area contributed by atoms with Crippen LogP contribution in [0.3, 0.4) is 0 Å². The van der Waals surface area contributed by atoms with E-state index in [0.29, 0.717) is 0 Å². The molecule has 2 heterocycles. The van der Waals surface area contributed by atoms with Crippen molar-refractivity contribution < 1.29 is 4.79 Å². The normalized spacial score (nSPS) is 14.2. The maximum Gasteiger partial charge on any atom is 0.234 e. The number of benzene rings is 1. The van der Waals surface area contributed by atoms with Gasteiger partial charge in [0.05, 0.1) is 5.69 Å². The van der Waals surface area contributed by atoms with Crippen molar-refractivity contribution in [2.24, 2.45) is 5.92 Å². The second-order valence-electron chi connectivity index (χ2n) is 6.74. The lowest BCUT2D eigenvalue weighted by molar-refractivity contribution is -0.121. The van der Waals surface area contributed by atoms with E-state index >= 15 is 0 Å². The minimum Gasteiger partial charge on any atom is -0.368 e. The fourth-order valence-corrected chi connectivity index (χ4v) is 3.54. The molecule has 4 rings (SSSR count). The van der Waals surface area contributed by atoms with Gasteiger partial charge in [-0.3, -0.25) is 14.7 Å².